The standard InChI is InChI=1S/C16H25ClN2O/c1-12(20-15-6-4-14(17)5-7-15)16-10-13(8-9-18-16)11-19(2)3/h4-7,12-13,16,18H,8-11H2,1-3H3. The predicted octanol–water partition coefficient (Wildman–Crippen LogP) is 3.04. The molecule has 4 heteroatoms. The van der Waals surface area contributed by atoms with Crippen LogP contribution in [-0.2, 0) is 0 Å². The number of rotatable bonds is 5. The highest BCUT2D eigenvalue weighted by Crippen LogP contribution is 2.22. The van der Waals surface area contributed by atoms with Crippen molar-refractivity contribution >= 4 is 11.6 Å². The number of nitrogens with one attached hydrogen (secondary N) is 1. The van der Waals surface area contributed by atoms with Crippen molar-refractivity contribution < 1.29 is 4.74 Å². The van der Waals surface area contributed by atoms with Crippen LogP contribution in [0.4, 0.5) is 0 Å². The summed E-state index contributed by atoms with van der Waals surface area (Å²) in [6.07, 6.45) is 2.59. The number of piperidine rings is 1. The lowest BCUT2D eigenvalue weighted by Crippen LogP contribution is -2.48. The number of halogens is 1. The van der Waals surface area contributed by atoms with Crippen molar-refractivity contribution in [2.75, 3.05) is 27.2 Å². The monoisotopic (exact) mass is 296 g/mol. The maximum Gasteiger partial charge on any atom is 0.119 e. The van der Waals surface area contributed by atoms with Gasteiger partial charge in [0.05, 0.1) is 0 Å². The van der Waals surface area contributed by atoms with Crippen molar-refractivity contribution in [3.63, 3.8) is 0 Å². The van der Waals surface area contributed by atoms with Crippen LogP contribution in [0.3, 0.4) is 0 Å². The van der Waals surface area contributed by atoms with E-state index < -0.39 is 0 Å². The van der Waals surface area contributed by atoms with Crippen molar-refractivity contribution in [2.24, 2.45) is 5.92 Å². The topological polar surface area (TPSA) is 24.5 Å². The molecule has 0 bridgehead atoms. The van der Waals surface area contributed by atoms with Gasteiger partial charge in [-0.1, -0.05) is 11.6 Å². The van der Waals surface area contributed by atoms with Gasteiger partial charge in [-0.15, -0.1) is 0 Å². The highest BCUT2D eigenvalue weighted by atomic mass is 35.5. The Labute approximate surface area is 127 Å². The Morgan fingerprint density at radius 1 is 1.35 bits per heavy atom. The Balaban J connectivity index is 1.88. The predicted molar refractivity (Wildman–Crippen MR) is 84.6 cm³/mol. The molecule has 20 heavy (non-hydrogen) atoms. The molecule has 0 radical (unpaired) electrons. The van der Waals surface area contributed by atoms with E-state index in [2.05, 4.69) is 31.2 Å². The lowest BCUT2D eigenvalue weighted by molar-refractivity contribution is 0.125. The third-order valence-electron chi connectivity index (χ3n) is 3.87. The van der Waals surface area contributed by atoms with E-state index in [9.17, 15) is 0 Å². The Morgan fingerprint density at radius 3 is 2.70 bits per heavy atom. The second kappa shape index (κ2) is 7.30. The van der Waals surface area contributed by atoms with E-state index in [1.807, 2.05) is 24.3 Å². The molecule has 0 amide bonds. The lowest BCUT2D eigenvalue weighted by atomic mass is 9.90. The van der Waals surface area contributed by atoms with Gasteiger partial charge in [0.1, 0.15) is 11.9 Å². The fourth-order valence-corrected chi connectivity index (χ4v) is 3.01. The van der Waals surface area contributed by atoms with E-state index in [1.165, 1.54) is 12.8 Å². The molecule has 1 aromatic rings. The summed E-state index contributed by atoms with van der Waals surface area (Å²) in [6.45, 7) is 4.38. The number of ether oxygens (including phenoxy) is 1. The molecule has 1 aromatic carbocycles. The molecule has 1 fully saturated rings. The Morgan fingerprint density at radius 2 is 2.05 bits per heavy atom. The fourth-order valence-electron chi connectivity index (χ4n) is 2.88. The van der Waals surface area contributed by atoms with Crippen LogP contribution >= 0.6 is 11.6 Å². The second-order valence-corrected chi connectivity index (χ2v) is 6.43. The Kier molecular flexibility index (Phi) is 5.70. The van der Waals surface area contributed by atoms with Gasteiger partial charge in [0.25, 0.3) is 0 Å². The molecule has 0 spiro atoms. The zero-order valence-electron chi connectivity index (χ0n) is 12.6. The second-order valence-electron chi connectivity index (χ2n) is 5.99. The number of hydrogen-bond donors (Lipinski definition) is 1. The maximum atomic E-state index is 6.03. The minimum Gasteiger partial charge on any atom is -0.489 e. The van der Waals surface area contributed by atoms with Crippen LogP contribution in [0.25, 0.3) is 0 Å². The third kappa shape index (κ3) is 4.65. The summed E-state index contributed by atoms with van der Waals surface area (Å²) in [7, 11) is 4.29. The average Bonchev–Trinajstić information content (AvgIpc) is 2.41. The highest BCUT2D eigenvalue weighted by Gasteiger charge is 2.27. The van der Waals surface area contributed by atoms with Crippen molar-refractivity contribution in [1.29, 1.82) is 0 Å². The van der Waals surface area contributed by atoms with Gasteiger partial charge in [-0.2, -0.15) is 0 Å². The molecule has 1 heterocycles. The average molecular weight is 297 g/mol. The molecule has 1 aliphatic heterocycles. The first-order valence-electron chi connectivity index (χ1n) is 7.35. The van der Waals surface area contributed by atoms with Gasteiger partial charge in [-0.05, 0) is 70.6 Å². The molecule has 2 rings (SSSR count). The SMILES string of the molecule is CC(Oc1ccc(Cl)cc1)C1CC(CN(C)C)CCN1. The number of benzene rings is 1. The van der Waals surface area contributed by atoms with E-state index in [-0.39, 0.29) is 6.10 Å². The van der Waals surface area contributed by atoms with E-state index in [4.69, 9.17) is 16.3 Å². The summed E-state index contributed by atoms with van der Waals surface area (Å²) < 4.78 is 6.03. The van der Waals surface area contributed by atoms with Gasteiger partial charge in [-0.25, -0.2) is 0 Å². The smallest absolute Gasteiger partial charge is 0.119 e. The molecule has 0 aromatic heterocycles. The van der Waals surface area contributed by atoms with Crippen molar-refractivity contribution in [3.05, 3.63) is 29.3 Å². The number of hydrogen-bond acceptors (Lipinski definition) is 3. The zero-order chi connectivity index (χ0) is 14.5. The van der Waals surface area contributed by atoms with Gasteiger partial charge < -0.3 is 15.0 Å². The van der Waals surface area contributed by atoms with Gasteiger partial charge >= 0.3 is 0 Å². The van der Waals surface area contributed by atoms with Crippen LogP contribution in [0.5, 0.6) is 5.75 Å². The van der Waals surface area contributed by atoms with Crippen LogP contribution in [-0.4, -0.2) is 44.2 Å². The summed E-state index contributed by atoms with van der Waals surface area (Å²) in [5.41, 5.74) is 0. The van der Waals surface area contributed by atoms with E-state index in [0.717, 1.165) is 29.8 Å². The summed E-state index contributed by atoms with van der Waals surface area (Å²) in [5.74, 6) is 1.64. The van der Waals surface area contributed by atoms with Crippen LogP contribution in [0.15, 0.2) is 24.3 Å². The van der Waals surface area contributed by atoms with Gasteiger partial charge in [0, 0.05) is 17.6 Å². The molecule has 1 N–H and O–H groups in total. The first-order chi connectivity index (χ1) is 9.54. The molecule has 0 saturated carbocycles. The molecule has 1 saturated heterocycles. The summed E-state index contributed by atoms with van der Waals surface area (Å²) >= 11 is 5.89. The summed E-state index contributed by atoms with van der Waals surface area (Å²) in [5, 5.41) is 4.33. The quantitative estimate of drug-likeness (QED) is 0.904. The molecular formula is C16H25ClN2O. The van der Waals surface area contributed by atoms with E-state index >= 15 is 0 Å². The van der Waals surface area contributed by atoms with Crippen LogP contribution in [0.2, 0.25) is 5.02 Å². The largest absolute Gasteiger partial charge is 0.489 e. The zero-order valence-corrected chi connectivity index (χ0v) is 13.4. The van der Waals surface area contributed by atoms with E-state index in [0.29, 0.717) is 6.04 Å². The van der Waals surface area contributed by atoms with Crippen molar-refractivity contribution in [1.82, 2.24) is 10.2 Å². The van der Waals surface area contributed by atoms with Crippen LogP contribution in [0.1, 0.15) is 19.8 Å². The fraction of sp³-hybridized carbons (Fsp3) is 0.625. The summed E-state index contributed by atoms with van der Waals surface area (Å²) in [4.78, 5) is 2.28. The molecule has 3 unspecified atom stereocenters. The third-order valence-corrected chi connectivity index (χ3v) is 4.12. The normalized spacial score (nSPS) is 24.6. The molecule has 0 aliphatic carbocycles. The van der Waals surface area contributed by atoms with Crippen molar-refractivity contribution in [3.8, 4) is 5.75 Å². The number of nitrogens with zero attached hydrogens (tertiary/aromatic N) is 1. The van der Waals surface area contributed by atoms with E-state index in [1.54, 1.807) is 0 Å². The van der Waals surface area contributed by atoms with Crippen LogP contribution < -0.4 is 10.1 Å². The van der Waals surface area contributed by atoms with Gasteiger partial charge in [0.2, 0.25) is 0 Å². The van der Waals surface area contributed by atoms with Crippen molar-refractivity contribution in [2.45, 2.75) is 31.9 Å². The lowest BCUT2D eigenvalue weighted by Gasteiger charge is -2.35. The van der Waals surface area contributed by atoms with Gasteiger partial charge in [0.15, 0.2) is 0 Å². The minimum atomic E-state index is 0.168. The summed E-state index contributed by atoms with van der Waals surface area (Å²) in [6, 6.07) is 8.02. The molecule has 112 valence electrons. The molecule has 1 aliphatic rings. The Hall–Kier alpha value is -0.770. The maximum absolute atomic E-state index is 6.03. The molecule has 3 nitrogen and oxygen atoms in total. The molecule has 3 atom stereocenters. The first-order valence-corrected chi connectivity index (χ1v) is 7.72. The van der Waals surface area contributed by atoms with Gasteiger partial charge in [-0.3, -0.25) is 0 Å². The molecular weight excluding hydrogens is 272 g/mol. The first kappa shape index (κ1) is 15.6. The Bertz CT molecular complexity index is 407. The highest BCUT2D eigenvalue weighted by molar-refractivity contribution is 6.30. The van der Waals surface area contributed by atoms with Crippen LogP contribution in [0, 0.1) is 5.92 Å². The minimum absolute atomic E-state index is 0.168.